The zero-order valence-corrected chi connectivity index (χ0v) is 17.1. The predicted octanol–water partition coefficient (Wildman–Crippen LogP) is 4.13. The lowest BCUT2D eigenvalue weighted by Gasteiger charge is -2.47. The molecule has 2 aliphatic heterocycles. The number of nitrogens with zero attached hydrogens (tertiary/aromatic N) is 4. The lowest BCUT2D eigenvalue weighted by Crippen LogP contribution is -2.66. The van der Waals surface area contributed by atoms with Crippen LogP contribution in [0.4, 0.5) is 24.0 Å². The molecule has 1 N–H and O–H groups in total. The van der Waals surface area contributed by atoms with Gasteiger partial charge in [0.1, 0.15) is 11.1 Å². The zero-order chi connectivity index (χ0) is 22.6. The molecule has 32 heavy (non-hydrogen) atoms. The van der Waals surface area contributed by atoms with Crippen LogP contribution in [-0.2, 0) is 10.9 Å². The Kier molecular flexibility index (Phi) is 4.90. The Morgan fingerprint density at radius 3 is 2.53 bits per heavy atom. The van der Waals surface area contributed by atoms with Gasteiger partial charge in [-0.05, 0) is 18.2 Å². The van der Waals surface area contributed by atoms with Gasteiger partial charge in [0, 0.05) is 24.8 Å². The summed E-state index contributed by atoms with van der Waals surface area (Å²) < 4.78 is 52.7. The largest absolute Gasteiger partial charge is 0.465 e. The topological polar surface area (TPSA) is 91.9 Å². The standard InChI is InChI=1S/C20H16ClF3N4O4/c21-13-5-12(14-3-1-2-4-25-14)17-16(15(13)20(22,23)24)26-18(32-17)27-6-10-8-31-9-11(7-27)28(10)19(29)30/h1-5,10-11H,6-9H2,(H,29,30). The molecule has 2 unspecified atom stereocenters. The van der Waals surface area contributed by atoms with Gasteiger partial charge in [-0.15, -0.1) is 0 Å². The summed E-state index contributed by atoms with van der Waals surface area (Å²) in [7, 11) is 0. The van der Waals surface area contributed by atoms with Crippen molar-refractivity contribution in [1.29, 1.82) is 0 Å². The first-order chi connectivity index (χ1) is 15.2. The molecule has 0 aliphatic carbocycles. The number of carbonyl (C=O) groups is 1. The van der Waals surface area contributed by atoms with Crippen molar-refractivity contribution in [2.45, 2.75) is 18.3 Å². The summed E-state index contributed by atoms with van der Waals surface area (Å²) in [4.78, 5) is 22.9. The molecule has 2 atom stereocenters. The van der Waals surface area contributed by atoms with Gasteiger partial charge < -0.3 is 19.2 Å². The maximum atomic E-state index is 13.8. The fourth-order valence-corrected chi connectivity index (χ4v) is 4.59. The number of oxazole rings is 1. The van der Waals surface area contributed by atoms with Crippen molar-refractivity contribution in [2.75, 3.05) is 31.2 Å². The molecular formula is C20H16ClF3N4O4. The highest BCUT2D eigenvalue weighted by molar-refractivity contribution is 6.33. The number of anilines is 1. The molecule has 0 radical (unpaired) electrons. The number of halogens is 4. The van der Waals surface area contributed by atoms with Crippen molar-refractivity contribution >= 4 is 34.8 Å². The molecule has 2 saturated heterocycles. The molecule has 4 heterocycles. The van der Waals surface area contributed by atoms with Crippen LogP contribution in [0.1, 0.15) is 5.56 Å². The number of pyridine rings is 1. The molecule has 5 rings (SSSR count). The Balaban J connectivity index is 1.64. The highest BCUT2D eigenvalue weighted by Crippen LogP contribution is 2.44. The van der Waals surface area contributed by atoms with Crippen molar-refractivity contribution in [2.24, 2.45) is 0 Å². The maximum absolute atomic E-state index is 13.8. The van der Waals surface area contributed by atoms with Gasteiger partial charge in [0.25, 0.3) is 6.01 Å². The number of morpholine rings is 1. The average molecular weight is 469 g/mol. The van der Waals surface area contributed by atoms with E-state index in [1.54, 1.807) is 23.1 Å². The van der Waals surface area contributed by atoms with E-state index in [-0.39, 0.29) is 43.5 Å². The Morgan fingerprint density at radius 2 is 1.94 bits per heavy atom. The first-order valence-electron chi connectivity index (χ1n) is 9.69. The van der Waals surface area contributed by atoms with Gasteiger partial charge in [-0.2, -0.15) is 18.2 Å². The average Bonchev–Trinajstić information content (AvgIpc) is 3.16. The molecule has 168 valence electrons. The summed E-state index contributed by atoms with van der Waals surface area (Å²) in [6.45, 7) is 0.698. The minimum absolute atomic E-state index is 0.0353. The number of amides is 1. The van der Waals surface area contributed by atoms with E-state index in [4.69, 9.17) is 20.8 Å². The summed E-state index contributed by atoms with van der Waals surface area (Å²) in [6.07, 6.45) is -4.31. The monoisotopic (exact) mass is 468 g/mol. The summed E-state index contributed by atoms with van der Waals surface area (Å²) in [5.74, 6) is 0. The van der Waals surface area contributed by atoms with Crippen LogP contribution in [0.25, 0.3) is 22.4 Å². The molecule has 12 heteroatoms. The molecule has 1 aromatic carbocycles. The van der Waals surface area contributed by atoms with E-state index in [9.17, 15) is 23.1 Å². The quantitative estimate of drug-likeness (QED) is 0.604. The van der Waals surface area contributed by atoms with Crippen molar-refractivity contribution < 1.29 is 32.2 Å². The van der Waals surface area contributed by atoms with Crippen LogP contribution in [-0.4, -0.2) is 64.5 Å². The fourth-order valence-electron chi connectivity index (χ4n) is 4.29. The molecular weight excluding hydrogens is 453 g/mol. The van der Waals surface area contributed by atoms with Crippen molar-refractivity contribution in [1.82, 2.24) is 14.9 Å². The number of aromatic nitrogens is 2. The van der Waals surface area contributed by atoms with Gasteiger partial charge in [0.2, 0.25) is 0 Å². The zero-order valence-electron chi connectivity index (χ0n) is 16.3. The number of rotatable bonds is 2. The molecule has 1 amide bonds. The van der Waals surface area contributed by atoms with Gasteiger partial charge in [-0.25, -0.2) is 4.79 Å². The third-order valence-electron chi connectivity index (χ3n) is 5.59. The van der Waals surface area contributed by atoms with Gasteiger partial charge >= 0.3 is 12.3 Å². The van der Waals surface area contributed by atoms with E-state index in [2.05, 4.69) is 9.97 Å². The number of carboxylic acid groups (broad SMARTS) is 1. The van der Waals surface area contributed by atoms with Crippen LogP contribution in [0, 0.1) is 0 Å². The molecule has 8 nitrogen and oxygen atoms in total. The molecule has 2 bridgehead atoms. The van der Waals surface area contributed by atoms with Crippen LogP contribution in [0.5, 0.6) is 0 Å². The summed E-state index contributed by atoms with van der Waals surface area (Å²) in [5.41, 5.74) is -0.918. The number of piperazine rings is 1. The van der Waals surface area contributed by atoms with E-state index < -0.39 is 40.5 Å². The Labute approximate surface area is 184 Å². The van der Waals surface area contributed by atoms with Gasteiger partial charge in [0.15, 0.2) is 5.58 Å². The molecule has 2 fully saturated rings. The second-order valence-corrected chi connectivity index (χ2v) is 8.01. The third-order valence-corrected chi connectivity index (χ3v) is 5.89. The van der Waals surface area contributed by atoms with Gasteiger partial charge in [0.05, 0.1) is 36.0 Å². The molecule has 0 saturated carbocycles. The van der Waals surface area contributed by atoms with Gasteiger partial charge in [-0.1, -0.05) is 17.7 Å². The van der Waals surface area contributed by atoms with Crippen LogP contribution in [0.15, 0.2) is 34.9 Å². The number of hydrogen-bond donors (Lipinski definition) is 1. The minimum atomic E-state index is -4.75. The predicted molar refractivity (Wildman–Crippen MR) is 108 cm³/mol. The lowest BCUT2D eigenvalue weighted by atomic mass is 10.1. The number of alkyl halides is 3. The summed E-state index contributed by atoms with van der Waals surface area (Å²) in [6, 6.07) is 5.17. The first-order valence-corrected chi connectivity index (χ1v) is 10.1. The van der Waals surface area contributed by atoms with Crippen LogP contribution in [0.3, 0.4) is 0 Å². The third kappa shape index (κ3) is 3.41. The van der Waals surface area contributed by atoms with Crippen LogP contribution < -0.4 is 4.90 Å². The van der Waals surface area contributed by atoms with Crippen molar-refractivity contribution in [3.05, 3.63) is 41.0 Å². The van der Waals surface area contributed by atoms with E-state index in [0.717, 1.165) is 0 Å². The maximum Gasteiger partial charge on any atom is 0.420 e. The van der Waals surface area contributed by atoms with Gasteiger partial charge in [-0.3, -0.25) is 9.88 Å². The molecule has 2 aliphatic rings. The van der Waals surface area contributed by atoms with E-state index >= 15 is 0 Å². The second kappa shape index (κ2) is 7.52. The Morgan fingerprint density at radius 1 is 1.22 bits per heavy atom. The van der Waals surface area contributed by atoms with E-state index in [1.807, 2.05) is 0 Å². The van der Waals surface area contributed by atoms with Crippen molar-refractivity contribution in [3.8, 4) is 11.3 Å². The summed E-state index contributed by atoms with van der Waals surface area (Å²) >= 11 is 6.04. The number of fused-ring (bicyclic) bond motifs is 3. The molecule has 0 spiro atoms. The highest BCUT2D eigenvalue weighted by atomic mass is 35.5. The number of benzene rings is 1. The Hall–Kier alpha value is -3.05. The fraction of sp³-hybridized carbons (Fsp3) is 0.350. The normalized spacial score (nSPS) is 21.2. The second-order valence-electron chi connectivity index (χ2n) is 7.61. The van der Waals surface area contributed by atoms with Crippen LogP contribution in [0.2, 0.25) is 5.02 Å². The lowest BCUT2D eigenvalue weighted by molar-refractivity contribution is -0.136. The summed E-state index contributed by atoms with van der Waals surface area (Å²) in [5, 5.41) is 8.99. The molecule has 3 aromatic rings. The van der Waals surface area contributed by atoms with Crippen molar-refractivity contribution in [3.63, 3.8) is 0 Å². The number of ether oxygens (including phenoxy) is 1. The van der Waals surface area contributed by atoms with Crippen LogP contribution >= 0.6 is 11.6 Å². The molecule has 2 aromatic heterocycles. The minimum Gasteiger partial charge on any atom is -0.465 e. The van der Waals surface area contributed by atoms with E-state index in [0.29, 0.717) is 5.69 Å². The first kappa shape index (κ1) is 20.8. The highest BCUT2D eigenvalue weighted by Gasteiger charge is 2.43. The number of hydrogen-bond acceptors (Lipinski definition) is 6. The SMILES string of the molecule is O=C(O)N1C2COCC1CN(c1nc3c(C(F)(F)F)c(Cl)cc(-c4ccccn4)c3o1)C2. The Bertz CT molecular complexity index is 1170. The smallest absolute Gasteiger partial charge is 0.420 e. The van der Waals surface area contributed by atoms with E-state index in [1.165, 1.54) is 17.2 Å².